The lowest BCUT2D eigenvalue weighted by Gasteiger charge is -2.27. The van der Waals surface area contributed by atoms with Crippen molar-refractivity contribution < 1.29 is 26.9 Å². The molecule has 0 spiro atoms. The molecule has 0 saturated carbocycles. The molecule has 1 aliphatic heterocycles. The van der Waals surface area contributed by atoms with E-state index in [1.165, 1.54) is 17.0 Å². The van der Waals surface area contributed by atoms with Crippen LogP contribution < -0.4 is 4.74 Å². The first kappa shape index (κ1) is 23.9. The molecule has 1 aliphatic rings. The van der Waals surface area contributed by atoms with Gasteiger partial charge in [0.15, 0.2) is 21.3 Å². The van der Waals surface area contributed by atoms with Gasteiger partial charge < -0.3 is 14.2 Å². The molecule has 1 aromatic heterocycles. The van der Waals surface area contributed by atoms with Crippen LogP contribution in [0.5, 0.6) is 5.75 Å². The van der Waals surface area contributed by atoms with Crippen molar-refractivity contribution in [2.24, 2.45) is 0 Å². The molecule has 7 nitrogen and oxygen atoms in total. The van der Waals surface area contributed by atoms with E-state index >= 15 is 0 Å². The molecule has 1 amide bonds. The zero-order valence-electron chi connectivity index (χ0n) is 19.2. The van der Waals surface area contributed by atoms with Crippen LogP contribution in [-0.4, -0.2) is 48.5 Å². The number of aromatic nitrogens is 1. The lowest BCUT2D eigenvalue weighted by molar-refractivity contribution is 0.0670. The number of halogens is 1. The summed E-state index contributed by atoms with van der Waals surface area (Å²) in [6.07, 6.45) is 1.26. The lowest BCUT2D eigenvalue weighted by Crippen LogP contribution is -2.40. The van der Waals surface area contributed by atoms with Gasteiger partial charge in [0.25, 0.3) is 5.91 Å². The molecule has 2 heterocycles. The van der Waals surface area contributed by atoms with Gasteiger partial charge >= 0.3 is 0 Å². The Morgan fingerprint density at radius 2 is 1.97 bits per heavy atom. The molecular formula is C25H27FN2O5S. The maximum atomic E-state index is 14.0. The number of carbonyl (C=O) groups excluding carboxylic acids is 1. The standard InChI is InChI=1S/C25H27FN2O5S/c1-3-11-32-21-8-5-18(6-9-21)15-28(20-10-12-34(30,31)16-20)25(29)23-14-24(33-27-23)19-7-4-17(2)22(26)13-19/h4-9,13-14,20H,3,10-12,15-16H2,1-2H3. The Balaban J connectivity index is 1.58. The lowest BCUT2D eigenvalue weighted by atomic mass is 10.1. The third-order valence-electron chi connectivity index (χ3n) is 5.84. The van der Waals surface area contributed by atoms with Crippen LogP contribution in [0, 0.1) is 12.7 Å². The number of aryl methyl sites for hydroxylation is 1. The molecule has 2 aromatic carbocycles. The number of hydrogen-bond donors (Lipinski definition) is 0. The fourth-order valence-electron chi connectivity index (χ4n) is 3.90. The molecule has 0 radical (unpaired) electrons. The number of amides is 1. The summed E-state index contributed by atoms with van der Waals surface area (Å²) in [5, 5.41) is 3.90. The number of sulfone groups is 1. The van der Waals surface area contributed by atoms with Gasteiger partial charge in [-0.15, -0.1) is 0 Å². The van der Waals surface area contributed by atoms with Crippen LogP contribution in [0.15, 0.2) is 53.1 Å². The van der Waals surface area contributed by atoms with Gasteiger partial charge in [-0.2, -0.15) is 0 Å². The molecule has 3 aromatic rings. The van der Waals surface area contributed by atoms with E-state index in [4.69, 9.17) is 9.26 Å². The van der Waals surface area contributed by atoms with Crippen molar-refractivity contribution in [2.45, 2.75) is 39.3 Å². The largest absolute Gasteiger partial charge is 0.494 e. The van der Waals surface area contributed by atoms with Gasteiger partial charge in [0.2, 0.25) is 0 Å². The third kappa shape index (κ3) is 5.47. The minimum Gasteiger partial charge on any atom is -0.494 e. The molecule has 9 heteroatoms. The van der Waals surface area contributed by atoms with Crippen molar-refractivity contribution in [3.8, 4) is 17.1 Å². The van der Waals surface area contributed by atoms with Crippen LogP contribution in [0.25, 0.3) is 11.3 Å². The molecule has 4 rings (SSSR count). The zero-order valence-corrected chi connectivity index (χ0v) is 20.0. The van der Waals surface area contributed by atoms with Gasteiger partial charge in [0, 0.05) is 24.2 Å². The summed E-state index contributed by atoms with van der Waals surface area (Å²) in [6.45, 7) is 4.51. The first-order chi connectivity index (χ1) is 16.3. The van der Waals surface area contributed by atoms with E-state index in [0.29, 0.717) is 24.2 Å². The minimum absolute atomic E-state index is 0.0396. The summed E-state index contributed by atoms with van der Waals surface area (Å²) < 4.78 is 49.2. The quantitative estimate of drug-likeness (QED) is 0.469. The first-order valence-corrected chi connectivity index (χ1v) is 13.0. The molecule has 0 aliphatic carbocycles. The van der Waals surface area contributed by atoms with Crippen molar-refractivity contribution >= 4 is 15.7 Å². The Morgan fingerprint density at radius 3 is 2.62 bits per heavy atom. The second-order valence-corrected chi connectivity index (χ2v) is 10.8. The zero-order chi connectivity index (χ0) is 24.3. The predicted molar refractivity (Wildman–Crippen MR) is 126 cm³/mol. The number of nitrogens with zero attached hydrogens (tertiary/aromatic N) is 2. The van der Waals surface area contributed by atoms with Crippen LogP contribution in [0.1, 0.15) is 41.4 Å². The monoisotopic (exact) mass is 486 g/mol. The highest BCUT2D eigenvalue weighted by Crippen LogP contribution is 2.26. The average molecular weight is 487 g/mol. The SMILES string of the molecule is CCCOc1ccc(CN(C(=O)c2cc(-c3ccc(C)c(F)c3)on2)C2CCS(=O)(=O)C2)cc1. The Labute approximate surface area is 198 Å². The van der Waals surface area contributed by atoms with Crippen LogP contribution in [0.4, 0.5) is 4.39 Å². The van der Waals surface area contributed by atoms with Crippen molar-refractivity contribution in [2.75, 3.05) is 18.1 Å². The summed E-state index contributed by atoms with van der Waals surface area (Å²) in [7, 11) is -3.21. The molecular weight excluding hydrogens is 459 g/mol. The van der Waals surface area contributed by atoms with Gasteiger partial charge in [-0.25, -0.2) is 12.8 Å². The fourth-order valence-corrected chi connectivity index (χ4v) is 5.63. The van der Waals surface area contributed by atoms with Crippen LogP contribution in [0.2, 0.25) is 0 Å². The maximum Gasteiger partial charge on any atom is 0.276 e. The first-order valence-electron chi connectivity index (χ1n) is 11.2. The molecule has 0 bridgehead atoms. The van der Waals surface area contributed by atoms with E-state index in [9.17, 15) is 17.6 Å². The van der Waals surface area contributed by atoms with Gasteiger partial charge in [-0.05, 0) is 49.1 Å². The van der Waals surface area contributed by atoms with Gasteiger partial charge in [-0.3, -0.25) is 4.79 Å². The fraction of sp³-hybridized carbons (Fsp3) is 0.360. The Morgan fingerprint density at radius 1 is 1.21 bits per heavy atom. The summed E-state index contributed by atoms with van der Waals surface area (Å²) in [4.78, 5) is 15.0. The van der Waals surface area contributed by atoms with Crippen LogP contribution in [0.3, 0.4) is 0 Å². The van der Waals surface area contributed by atoms with Crippen molar-refractivity contribution in [1.82, 2.24) is 10.1 Å². The molecule has 1 saturated heterocycles. The number of rotatable bonds is 8. The predicted octanol–water partition coefficient (Wildman–Crippen LogP) is 4.41. The number of hydrogen-bond acceptors (Lipinski definition) is 6. The van der Waals surface area contributed by atoms with E-state index < -0.39 is 21.8 Å². The van der Waals surface area contributed by atoms with Crippen molar-refractivity contribution in [3.05, 3.63) is 71.2 Å². The summed E-state index contributed by atoms with van der Waals surface area (Å²) in [5.74, 6) is 0.126. The molecule has 180 valence electrons. The van der Waals surface area contributed by atoms with Crippen LogP contribution in [-0.2, 0) is 16.4 Å². The molecule has 1 unspecified atom stereocenters. The molecule has 0 N–H and O–H groups in total. The normalized spacial score (nSPS) is 17.0. The number of benzene rings is 2. The molecule has 34 heavy (non-hydrogen) atoms. The van der Waals surface area contributed by atoms with E-state index in [1.54, 1.807) is 19.1 Å². The van der Waals surface area contributed by atoms with Gasteiger partial charge in [0.05, 0.1) is 18.1 Å². The Kier molecular flexibility index (Phi) is 7.02. The van der Waals surface area contributed by atoms with Crippen molar-refractivity contribution in [1.29, 1.82) is 0 Å². The highest BCUT2D eigenvalue weighted by atomic mass is 32.2. The highest BCUT2D eigenvalue weighted by molar-refractivity contribution is 7.91. The Hall–Kier alpha value is -3.20. The van der Waals surface area contributed by atoms with E-state index in [2.05, 4.69) is 5.16 Å². The topological polar surface area (TPSA) is 89.7 Å². The Bertz CT molecular complexity index is 1270. The van der Waals surface area contributed by atoms with Crippen LogP contribution >= 0.6 is 0 Å². The van der Waals surface area contributed by atoms with Crippen molar-refractivity contribution in [3.63, 3.8) is 0 Å². The number of ether oxygens (including phenoxy) is 1. The molecule has 1 fully saturated rings. The summed E-state index contributed by atoms with van der Waals surface area (Å²) in [6, 6.07) is 13.0. The summed E-state index contributed by atoms with van der Waals surface area (Å²) >= 11 is 0. The number of carbonyl (C=O) groups is 1. The average Bonchev–Trinajstić information content (AvgIpc) is 3.45. The second kappa shape index (κ2) is 9.97. The van der Waals surface area contributed by atoms with Gasteiger partial charge in [0.1, 0.15) is 11.6 Å². The molecule has 1 atom stereocenters. The van der Waals surface area contributed by atoms with E-state index in [0.717, 1.165) is 17.7 Å². The maximum absolute atomic E-state index is 14.0. The second-order valence-electron chi connectivity index (χ2n) is 8.52. The minimum atomic E-state index is -3.21. The summed E-state index contributed by atoms with van der Waals surface area (Å²) in [5.41, 5.74) is 1.85. The van der Waals surface area contributed by atoms with E-state index in [1.807, 2.05) is 31.2 Å². The third-order valence-corrected chi connectivity index (χ3v) is 7.60. The van der Waals surface area contributed by atoms with Gasteiger partial charge in [-0.1, -0.05) is 36.3 Å². The van der Waals surface area contributed by atoms with E-state index in [-0.39, 0.29) is 35.3 Å². The highest BCUT2D eigenvalue weighted by Gasteiger charge is 2.36. The smallest absolute Gasteiger partial charge is 0.276 e.